The van der Waals surface area contributed by atoms with E-state index >= 15 is 0 Å². The second-order valence-corrected chi connectivity index (χ2v) is 29.8. The SMILES string of the molecule is Cc1cnc(-n2c3cc(Oc4cc(-c5c(C(C)C)cccc5C(C)C)cc(N5CN(c6c(-c7cc(-c8ccccc8)cc(-c8ccccc8)c7)cccc6-c6cc(-c7ccccc7)cc(-c7ccccc7)c6)c6ccccc65)c4)ccc3c3c4sc5ccccc5c4ccc32)cc1C(C)(C)C. The summed E-state index contributed by atoms with van der Waals surface area (Å²) in [4.78, 5) is 10.3. The van der Waals surface area contributed by atoms with E-state index in [9.17, 15) is 0 Å². The number of para-hydroxylation sites is 3. The first-order chi connectivity index (χ1) is 49.3. The molecule has 0 unspecified atom stereocenters. The maximum absolute atomic E-state index is 7.54. The molecule has 4 heterocycles. The molecule has 0 amide bonds. The fourth-order valence-electron chi connectivity index (χ4n) is 15.7. The van der Waals surface area contributed by atoms with Crippen LogP contribution in [0.15, 0.2) is 303 Å². The second kappa shape index (κ2) is 25.6. The molecule has 6 heteroatoms. The van der Waals surface area contributed by atoms with E-state index < -0.39 is 0 Å². The first-order valence-corrected chi connectivity index (χ1v) is 36.2. The summed E-state index contributed by atoms with van der Waals surface area (Å²) in [6.45, 7) is 18.8. The number of fused-ring (bicyclic) bond motifs is 8. The number of rotatable bonds is 14. The molecule has 490 valence electrons. The molecule has 0 fully saturated rings. The van der Waals surface area contributed by atoms with Gasteiger partial charge in [-0.05, 0) is 204 Å². The van der Waals surface area contributed by atoms with Gasteiger partial charge >= 0.3 is 0 Å². The van der Waals surface area contributed by atoms with Gasteiger partial charge in [0.25, 0.3) is 0 Å². The number of anilines is 4. The number of aryl methyl sites for hydroxylation is 1. The number of thiophene rings is 1. The monoisotopic (exact) mass is 1320 g/mol. The van der Waals surface area contributed by atoms with Gasteiger partial charge in [-0.15, -0.1) is 11.3 Å². The highest BCUT2D eigenvalue weighted by Gasteiger charge is 2.33. The molecule has 0 atom stereocenters. The third-order valence-electron chi connectivity index (χ3n) is 20.4. The molecule has 17 rings (SSSR count). The Balaban J connectivity index is 0.876. The van der Waals surface area contributed by atoms with Crippen LogP contribution in [0.4, 0.5) is 22.7 Å². The molecule has 0 N–H and O–H groups in total. The van der Waals surface area contributed by atoms with Gasteiger partial charge in [-0.1, -0.05) is 243 Å². The smallest absolute Gasteiger partial charge is 0.137 e. The fourth-order valence-corrected chi connectivity index (χ4v) is 16.9. The molecule has 1 aliphatic rings. The van der Waals surface area contributed by atoms with Crippen molar-refractivity contribution in [1.29, 1.82) is 0 Å². The van der Waals surface area contributed by atoms with Gasteiger partial charge in [-0.3, -0.25) is 4.57 Å². The van der Waals surface area contributed by atoms with Crippen molar-refractivity contribution in [3.63, 3.8) is 0 Å². The van der Waals surface area contributed by atoms with Gasteiger partial charge in [0.1, 0.15) is 24.0 Å². The molecule has 1 aliphatic heterocycles. The summed E-state index contributed by atoms with van der Waals surface area (Å²) in [6, 6.07) is 110. The van der Waals surface area contributed by atoms with Gasteiger partial charge in [-0.25, -0.2) is 4.98 Å². The topological polar surface area (TPSA) is 33.5 Å². The Morgan fingerprint density at radius 2 is 0.911 bits per heavy atom. The molecule has 0 saturated carbocycles. The number of aromatic nitrogens is 2. The van der Waals surface area contributed by atoms with Crippen LogP contribution in [0, 0.1) is 6.92 Å². The summed E-state index contributed by atoms with van der Waals surface area (Å²) in [5, 5.41) is 4.93. The van der Waals surface area contributed by atoms with Crippen molar-refractivity contribution in [2.45, 2.75) is 72.6 Å². The molecule has 0 saturated heterocycles. The van der Waals surface area contributed by atoms with Crippen molar-refractivity contribution in [3.8, 4) is 95.2 Å². The lowest BCUT2D eigenvalue weighted by molar-refractivity contribution is 0.483. The van der Waals surface area contributed by atoms with Gasteiger partial charge in [0.15, 0.2) is 0 Å². The lowest BCUT2D eigenvalue weighted by Crippen LogP contribution is -2.25. The molecule has 101 heavy (non-hydrogen) atoms. The zero-order chi connectivity index (χ0) is 68.6. The molecule has 5 nitrogen and oxygen atoms in total. The number of pyridine rings is 1. The Morgan fingerprint density at radius 3 is 1.47 bits per heavy atom. The zero-order valence-electron chi connectivity index (χ0n) is 58.3. The van der Waals surface area contributed by atoms with Crippen LogP contribution in [0.2, 0.25) is 0 Å². The predicted molar refractivity (Wildman–Crippen MR) is 430 cm³/mol. The molecule has 16 aromatic rings. The summed E-state index contributed by atoms with van der Waals surface area (Å²) < 4.78 is 12.5. The zero-order valence-corrected chi connectivity index (χ0v) is 59.2. The van der Waals surface area contributed by atoms with Crippen LogP contribution in [0.1, 0.15) is 82.6 Å². The van der Waals surface area contributed by atoms with E-state index in [0.717, 1.165) is 129 Å². The number of nitrogens with zero attached hydrogens (tertiary/aromatic N) is 4. The Bertz CT molecular complexity index is 5560. The van der Waals surface area contributed by atoms with E-state index in [-0.39, 0.29) is 17.3 Å². The molecular formula is C95H78N4OS. The van der Waals surface area contributed by atoms with Crippen LogP contribution < -0.4 is 14.5 Å². The minimum Gasteiger partial charge on any atom is -0.457 e. The molecular weight excluding hydrogens is 1250 g/mol. The van der Waals surface area contributed by atoms with Gasteiger partial charge in [0, 0.05) is 66.1 Å². The molecule has 13 aromatic carbocycles. The van der Waals surface area contributed by atoms with Gasteiger partial charge in [0.2, 0.25) is 0 Å². The minimum atomic E-state index is -0.0966. The normalized spacial score (nSPS) is 12.5. The lowest BCUT2D eigenvalue weighted by Gasteiger charge is -2.28. The predicted octanol–water partition coefficient (Wildman–Crippen LogP) is 27.1. The van der Waals surface area contributed by atoms with E-state index in [1.807, 2.05) is 17.5 Å². The lowest BCUT2D eigenvalue weighted by atomic mass is 9.85. The second-order valence-electron chi connectivity index (χ2n) is 28.7. The number of hydrogen-bond acceptors (Lipinski definition) is 5. The van der Waals surface area contributed by atoms with E-state index in [4.69, 9.17) is 9.72 Å². The van der Waals surface area contributed by atoms with Gasteiger partial charge in [-0.2, -0.15) is 0 Å². The highest BCUT2D eigenvalue weighted by atomic mass is 32.1. The summed E-state index contributed by atoms with van der Waals surface area (Å²) >= 11 is 1.87. The van der Waals surface area contributed by atoms with Crippen LogP contribution in [0.5, 0.6) is 11.5 Å². The van der Waals surface area contributed by atoms with Gasteiger partial charge in [0.05, 0.1) is 28.1 Å². The molecule has 3 aromatic heterocycles. The Morgan fingerprint density at radius 1 is 0.406 bits per heavy atom. The molecule has 0 aliphatic carbocycles. The van der Waals surface area contributed by atoms with Crippen LogP contribution in [0.25, 0.3) is 126 Å². The van der Waals surface area contributed by atoms with E-state index in [0.29, 0.717) is 6.67 Å². The van der Waals surface area contributed by atoms with Crippen molar-refractivity contribution >= 4 is 76.1 Å². The molecule has 0 spiro atoms. The Labute approximate surface area is 596 Å². The van der Waals surface area contributed by atoms with Crippen molar-refractivity contribution in [3.05, 3.63) is 326 Å². The van der Waals surface area contributed by atoms with Crippen LogP contribution in [-0.2, 0) is 5.41 Å². The summed E-state index contributed by atoms with van der Waals surface area (Å²) in [6.07, 6.45) is 2.05. The van der Waals surface area contributed by atoms with E-state index in [2.05, 4.69) is 367 Å². The fraction of sp³-hybridized carbons (Fsp3) is 0.126. The minimum absolute atomic E-state index is 0.0966. The van der Waals surface area contributed by atoms with E-state index in [1.165, 1.54) is 53.4 Å². The highest BCUT2D eigenvalue weighted by molar-refractivity contribution is 7.26. The molecule has 0 radical (unpaired) electrons. The summed E-state index contributed by atoms with van der Waals surface area (Å²) in [5.74, 6) is 2.88. The van der Waals surface area contributed by atoms with E-state index in [1.54, 1.807) is 0 Å². The maximum Gasteiger partial charge on any atom is 0.137 e. The quantitative estimate of drug-likeness (QED) is 0.109. The largest absolute Gasteiger partial charge is 0.457 e. The first-order valence-electron chi connectivity index (χ1n) is 35.4. The number of ether oxygens (including phenoxy) is 1. The Kier molecular flexibility index (Phi) is 16.0. The number of benzene rings is 13. The van der Waals surface area contributed by atoms with Crippen LogP contribution in [-0.4, -0.2) is 16.2 Å². The van der Waals surface area contributed by atoms with Crippen molar-refractivity contribution in [2.75, 3.05) is 16.5 Å². The summed E-state index contributed by atoms with van der Waals surface area (Å²) in [5.41, 5.74) is 27.6. The van der Waals surface area contributed by atoms with Gasteiger partial charge < -0.3 is 14.5 Å². The summed E-state index contributed by atoms with van der Waals surface area (Å²) in [7, 11) is 0. The first kappa shape index (κ1) is 62.9. The van der Waals surface area contributed by atoms with Crippen LogP contribution in [0.3, 0.4) is 0 Å². The third-order valence-corrected chi connectivity index (χ3v) is 21.6. The average molecular weight is 1320 g/mol. The maximum atomic E-state index is 7.54. The van der Waals surface area contributed by atoms with Crippen LogP contribution >= 0.6 is 11.3 Å². The van der Waals surface area contributed by atoms with Crippen molar-refractivity contribution in [1.82, 2.24) is 9.55 Å². The number of hydrogen-bond donors (Lipinski definition) is 0. The Hall–Kier alpha value is -11.6. The highest BCUT2D eigenvalue weighted by Crippen LogP contribution is 2.54. The van der Waals surface area contributed by atoms with Crippen molar-refractivity contribution < 1.29 is 4.74 Å². The third kappa shape index (κ3) is 11.5. The average Bonchev–Trinajstić information content (AvgIpc) is 1.58. The molecule has 0 bridgehead atoms. The van der Waals surface area contributed by atoms with Crippen molar-refractivity contribution in [2.24, 2.45) is 0 Å². The standard InChI is InChI=1S/C95H78N4OS/c1-60(2)77-36-25-37-78(61(3)4)91(77)73-53-74(55-76(54-73)100-75-43-44-83-88(56-75)99(90-57-84(95(6,7)8)62(5)58-96-90)87-46-45-82-81-35-21-24-42-89(81)101-94(82)92(83)87)97-59-98(86-41-23-22-40-85(86)97)93-79(71-49-67(63-27-13-9-14-28-63)47-68(50-71)64-29-15-10-16-30-64)38-26-39-80(93)72-51-69(65-31-17-11-18-32-65)48-70(52-72)66-33-19-12-20-34-66/h9-58,60-61H,59H2,1-8H3.